The number of hydrogen-bond donors (Lipinski definition) is 3. The maximum atomic E-state index is 11.2. The van der Waals surface area contributed by atoms with E-state index in [4.69, 9.17) is 11.5 Å². The van der Waals surface area contributed by atoms with Crippen molar-refractivity contribution in [3.8, 4) is 0 Å². The minimum atomic E-state index is -0.507. The van der Waals surface area contributed by atoms with Gasteiger partial charge in [-0.1, -0.05) is 0 Å². The topological polar surface area (TPSA) is 92.6 Å². The Balaban J connectivity index is 3.09. The Morgan fingerprint density at radius 2 is 2.19 bits per heavy atom. The van der Waals surface area contributed by atoms with Gasteiger partial charge in [-0.25, -0.2) is 0 Å². The van der Waals surface area contributed by atoms with E-state index in [-0.39, 0.29) is 0 Å². The van der Waals surface area contributed by atoms with Crippen LogP contribution in [-0.4, -0.2) is 30.7 Å². The number of hydrogen-bond acceptors (Lipinski definition) is 4. The molecule has 0 bridgehead atoms. The highest BCUT2D eigenvalue weighted by molar-refractivity contribution is 5.99. The van der Waals surface area contributed by atoms with Crippen LogP contribution in [0.4, 0.5) is 11.4 Å². The van der Waals surface area contributed by atoms with Crippen LogP contribution in [0.2, 0.25) is 0 Å². The first kappa shape index (κ1) is 12.3. The molecule has 1 amide bonds. The largest absolute Gasteiger partial charge is 0.399 e. The van der Waals surface area contributed by atoms with E-state index in [1.807, 2.05) is 0 Å². The summed E-state index contributed by atoms with van der Waals surface area (Å²) in [6, 6.07) is 4.88. The number of nitrogens with two attached hydrogens (primary N) is 2. The summed E-state index contributed by atoms with van der Waals surface area (Å²) in [6.45, 7) is 2.08. The van der Waals surface area contributed by atoms with Crippen LogP contribution >= 0.6 is 0 Å². The van der Waals surface area contributed by atoms with Crippen LogP contribution in [0.3, 0.4) is 0 Å². The molecule has 0 aliphatic carbocycles. The molecule has 0 heterocycles. The van der Waals surface area contributed by atoms with Gasteiger partial charge in [-0.05, 0) is 25.1 Å². The van der Waals surface area contributed by atoms with E-state index in [0.717, 1.165) is 0 Å². The molecule has 0 saturated carbocycles. The molecule has 1 rings (SSSR count). The predicted molar refractivity (Wildman–Crippen MR) is 64.3 cm³/mol. The van der Waals surface area contributed by atoms with E-state index in [0.29, 0.717) is 23.5 Å². The van der Waals surface area contributed by atoms with E-state index < -0.39 is 12.0 Å². The maximum Gasteiger partial charge on any atom is 0.250 e. The van der Waals surface area contributed by atoms with Crippen molar-refractivity contribution in [2.45, 2.75) is 13.0 Å². The Morgan fingerprint density at radius 3 is 2.69 bits per heavy atom. The summed E-state index contributed by atoms with van der Waals surface area (Å²) < 4.78 is 0. The van der Waals surface area contributed by atoms with Gasteiger partial charge in [0, 0.05) is 19.3 Å². The molecule has 5 N–H and O–H groups in total. The lowest BCUT2D eigenvalue weighted by atomic mass is 10.1. The predicted octanol–water partition coefficient (Wildman–Crippen LogP) is 0.185. The summed E-state index contributed by atoms with van der Waals surface area (Å²) in [7, 11) is 1.77. The fourth-order valence-electron chi connectivity index (χ4n) is 1.57. The number of benzene rings is 1. The summed E-state index contributed by atoms with van der Waals surface area (Å²) in [5, 5.41) is 9.29. The molecule has 1 atom stereocenters. The molecule has 0 aromatic heterocycles. The van der Waals surface area contributed by atoms with E-state index in [2.05, 4.69) is 0 Å². The lowest BCUT2D eigenvalue weighted by molar-refractivity contribution is 0.100. The second kappa shape index (κ2) is 4.85. The lowest BCUT2D eigenvalue weighted by Gasteiger charge is -2.23. The molecule has 0 aliphatic heterocycles. The van der Waals surface area contributed by atoms with E-state index in [9.17, 15) is 9.90 Å². The Bertz CT molecular complexity index is 391. The van der Waals surface area contributed by atoms with Crippen molar-refractivity contribution in [1.29, 1.82) is 0 Å². The van der Waals surface area contributed by atoms with Crippen molar-refractivity contribution in [3.05, 3.63) is 23.8 Å². The smallest absolute Gasteiger partial charge is 0.250 e. The average molecular weight is 223 g/mol. The molecule has 0 saturated heterocycles. The number of amides is 1. The molecule has 0 fully saturated rings. The van der Waals surface area contributed by atoms with Crippen LogP contribution in [0.25, 0.3) is 0 Å². The van der Waals surface area contributed by atoms with Crippen LogP contribution in [0.5, 0.6) is 0 Å². The standard InChI is InChI=1S/C11H17N3O2/c1-7(15)6-14(2)10-5-8(12)3-4-9(10)11(13)16/h3-5,7,15H,6,12H2,1-2H3,(H2,13,16). The second-order valence-electron chi connectivity index (χ2n) is 3.87. The lowest BCUT2D eigenvalue weighted by Crippen LogP contribution is -2.29. The molecule has 0 spiro atoms. The van der Waals surface area contributed by atoms with Gasteiger partial charge in [0.1, 0.15) is 0 Å². The van der Waals surface area contributed by atoms with E-state index in [1.54, 1.807) is 37.1 Å². The number of primary amides is 1. The molecule has 1 unspecified atom stereocenters. The van der Waals surface area contributed by atoms with Gasteiger partial charge in [0.25, 0.3) is 5.91 Å². The maximum absolute atomic E-state index is 11.2. The zero-order valence-electron chi connectivity index (χ0n) is 9.47. The molecule has 0 aliphatic rings. The van der Waals surface area contributed by atoms with Crippen LogP contribution in [0.1, 0.15) is 17.3 Å². The molecule has 16 heavy (non-hydrogen) atoms. The van der Waals surface area contributed by atoms with Gasteiger partial charge in [0.2, 0.25) is 0 Å². The number of nitrogen functional groups attached to an aromatic ring is 1. The Kier molecular flexibility index (Phi) is 3.73. The number of carbonyl (C=O) groups is 1. The van der Waals surface area contributed by atoms with Gasteiger partial charge in [-0.15, -0.1) is 0 Å². The first-order valence-corrected chi connectivity index (χ1v) is 5.00. The Labute approximate surface area is 94.7 Å². The molecular weight excluding hydrogens is 206 g/mol. The molecule has 5 nitrogen and oxygen atoms in total. The molecule has 1 aromatic carbocycles. The van der Waals surface area contributed by atoms with Crippen molar-refractivity contribution in [2.24, 2.45) is 5.73 Å². The van der Waals surface area contributed by atoms with Gasteiger partial charge in [0.15, 0.2) is 0 Å². The monoisotopic (exact) mass is 223 g/mol. The van der Waals surface area contributed by atoms with Crippen molar-refractivity contribution in [2.75, 3.05) is 24.2 Å². The summed E-state index contributed by atoms with van der Waals surface area (Å²) >= 11 is 0. The number of nitrogens with zero attached hydrogens (tertiary/aromatic N) is 1. The van der Waals surface area contributed by atoms with Gasteiger partial charge in [-0.3, -0.25) is 4.79 Å². The molecule has 5 heteroatoms. The third kappa shape index (κ3) is 2.87. The number of aliphatic hydroxyl groups excluding tert-OH is 1. The molecule has 0 radical (unpaired) electrons. The van der Waals surface area contributed by atoms with Gasteiger partial charge >= 0.3 is 0 Å². The molecular formula is C11H17N3O2. The number of rotatable bonds is 4. The Morgan fingerprint density at radius 1 is 1.56 bits per heavy atom. The first-order valence-electron chi connectivity index (χ1n) is 5.00. The van der Waals surface area contributed by atoms with Crippen molar-refractivity contribution < 1.29 is 9.90 Å². The van der Waals surface area contributed by atoms with Gasteiger partial charge < -0.3 is 21.5 Å². The minimum Gasteiger partial charge on any atom is -0.399 e. The fourth-order valence-corrected chi connectivity index (χ4v) is 1.57. The van der Waals surface area contributed by atoms with E-state index in [1.165, 1.54) is 0 Å². The molecule has 88 valence electrons. The summed E-state index contributed by atoms with van der Waals surface area (Å²) in [6.07, 6.45) is -0.493. The van der Waals surface area contributed by atoms with Crippen LogP contribution in [0.15, 0.2) is 18.2 Å². The SMILES string of the molecule is CC(O)CN(C)c1cc(N)ccc1C(N)=O. The molecule has 1 aromatic rings. The van der Waals surface area contributed by atoms with Gasteiger partial charge in [0.05, 0.1) is 17.4 Å². The van der Waals surface area contributed by atoms with Crippen molar-refractivity contribution in [1.82, 2.24) is 0 Å². The highest BCUT2D eigenvalue weighted by Crippen LogP contribution is 2.22. The number of anilines is 2. The zero-order valence-corrected chi connectivity index (χ0v) is 9.47. The third-order valence-electron chi connectivity index (χ3n) is 2.24. The number of aliphatic hydroxyl groups is 1. The van der Waals surface area contributed by atoms with Crippen LogP contribution in [-0.2, 0) is 0 Å². The minimum absolute atomic E-state index is 0.400. The zero-order chi connectivity index (χ0) is 12.3. The van der Waals surface area contributed by atoms with Crippen molar-refractivity contribution in [3.63, 3.8) is 0 Å². The van der Waals surface area contributed by atoms with Crippen LogP contribution in [0, 0.1) is 0 Å². The summed E-state index contributed by atoms with van der Waals surface area (Å²) in [5.41, 5.74) is 12.5. The first-order chi connectivity index (χ1) is 7.41. The second-order valence-corrected chi connectivity index (χ2v) is 3.87. The normalized spacial score (nSPS) is 12.2. The summed E-state index contributed by atoms with van der Waals surface area (Å²) in [5.74, 6) is -0.507. The van der Waals surface area contributed by atoms with Crippen molar-refractivity contribution >= 4 is 17.3 Å². The van der Waals surface area contributed by atoms with Crippen LogP contribution < -0.4 is 16.4 Å². The fraction of sp³-hybridized carbons (Fsp3) is 0.364. The van der Waals surface area contributed by atoms with E-state index >= 15 is 0 Å². The highest BCUT2D eigenvalue weighted by Gasteiger charge is 2.13. The number of carbonyl (C=O) groups excluding carboxylic acids is 1. The quantitative estimate of drug-likeness (QED) is 0.635. The highest BCUT2D eigenvalue weighted by atomic mass is 16.3. The Hall–Kier alpha value is -1.75. The third-order valence-corrected chi connectivity index (χ3v) is 2.24. The van der Waals surface area contributed by atoms with Gasteiger partial charge in [-0.2, -0.15) is 0 Å². The number of likely N-dealkylation sites (N-methyl/N-ethyl adjacent to an activating group) is 1. The average Bonchev–Trinajstić information content (AvgIpc) is 2.15. The summed E-state index contributed by atoms with van der Waals surface area (Å²) in [4.78, 5) is 13.0.